The Kier molecular flexibility index (Phi) is 6.06. The van der Waals surface area contributed by atoms with Crippen molar-refractivity contribution < 1.29 is 9.59 Å². The zero-order chi connectivity index (χ0) is 16.0. The lowest BCUT2D eigenvalue weighted by molar-refractivity contribution is -0.133. The SMILES string of the molecule is CC(C)C(NC(=O)C(C)(C)C)C(=O)CCc1cccnc1. The van der Waals surface area contributed by atoms with Gasteiger partial charge in [-0.05, 0) is 24.0 Å². The van der Waals surface area contributed by atoms with Gasteiger partial charge < -0.3 is 5.32 Å². The molecule has 1 heterocycles. The van der Waals surface area contributed by atoms with Gasteiger partial charge in [0.2, 0.25) is 5.91 Å². The van der Waals surface area contributed by atoms with Gasteiger partial charge in [0.15, 0.2) is 5.78 Å². The van der Waals surface area contributed by atoms with E-state index in [0.717, 1.165) is 5.56 Å². The molecule has 1 unspecified atom stereocenters. The van der Waals surface area contributed by atoms with E-state index in [0.29, 0.717) is 12.8 Å². The molecule has 0 bridgehead atoms. The van der Waals surface area contributed by atoms with Crippen molar-refractivity contribution in [2.24, 2.45) is 11.3 Å². The summed E-state index contributed by atoms with van der Waals surface area (Å²) < 4.78 is 0. The van der Waals surface area contributed by atoms with Gasteiger partial charge in [0.05, 0.1) is 6.04 Å². The molecule has 0 spiro atoms. The van der Waals surface area contributed by atoms with Crippen LogP contribution in [0.1, 0.15) is 46.6 Å². The molecule has 0 aromatic carbocycles. The van der Waals surface area contributed by atoms with Crippen LogP contribution in [0.25, 0.3) is 0 Å². The van der Waals surface area contributed by atoms with Crippen molar-refractivity contribution in [1.29, 1.82) is 0 Å². The molecule has 1 aromatic heterocycles. The highest BCUT2D eigenvalue weighted by Gasteiger charge is 2.28. The number of Topliss-reactive ketones (excluding diaryl/α,β-unsaturated/α-hetero) is 1. The van der Waals surface area contributed by atoms with Crippen LogP contribution in [0, 0.1) is 11.3 Å². The molecule has 1 rings (SSSR count). The Labute approximate surface area is 127 Å². The largest absolute Gasteiger partial charge is 0.346 e. The summed E-state index contributed by atoms with van der Waals surface area (Å²) in [6, 6.07) is 3.40. The summed E-state index contributed by atoms with van der Waals surface area (Å²) >= 11 is 0. The number of carbonyl (C=O) groups excluding carboxylic acids is 2. The quantitative estimate of drug-likeness (QED) is 0.876. The Morgan fingerprint density at radius 2 is 1.95 bits per heavy atom. The second-order valence-corrected chi connectivity index (χ2v) is 6.77. The Hall–Kier alpha value is -1.71. The predicted molar refractivity (Wildman–Crippen MR) is 83.8 cm³/mol. The van der Waals surface area contributed by atoms with Crippen molar-refractivity contribution in [2.45, 2.75) is 53.5 Å². The van der Waals surface area contributed by atoms with E-state index in [2.05, 4.69) is 10.3 Å². The van der Waals surface area contributed by atoms with Crippen LogP contribution in [0.5, 0.6) is 0 Å². The third kappa shape index (κ3) is 5.66. The van der Waals surface area contributed by atoms with Crippen LogP contribution in [0.15, 0.2) is 24.5 Å². The molecule has 1 atom stereocenters. The van der Waals surface area contributed by atoms with Crippen LogP contribution < -0.4 is 5.32 Å². The van der Waals surface area contributed by atoms with Gasteiger partial charge in [-0.2, -0.15) is 0 Å². The lowest BCUT2D eigenvalue weighted by atomic mass is 9.91. The molecule has 4 heteroatoms. The standard InChI is InChI=1S/C17H26N2O2/c1-12(2)15(19-16(21)17(3,4)5)14(20)9-8-13-7-6-10-18-11-13/h6-7,10-12,15H,8-9H2,1-5H3,(H,19,21). The van der Waals surface area contributed by atoms with E-state index in [1.165, 1.54) is 0 Å². The van der Waals surface area contributed by atoms with E-state index >= 15 is 0 Å². The molecule has 1 N–H and O–H groups in total. The van der Waals surface area contributed by atoms with Crippen molar-refractivity contribution in [3.05, 3.63) is 30.1 Å². The molecule has 116 valence electrons. The van der Waals surface area contributed by atoms with Gasteiger partial charge in [-0.15, -0.1) is 0 Å². The maximum absolute atomic E-state index is 12.4. The van der Waals surface area contributed by atoms with Crippen LogP contribution in [-0.4, -0.2) is 22.7 Å². The molecule has 0 aliphatic heterocycles. The fourth-order valence-corrected chi connectivity index (χ4v) is 1.95. The number of aryl methyl sites for hydroxylation is 1. The van der Waals surface area contributed by atoms with Crippen LogP contribution in [0.3, 0.4) is 0 Å². The molecule has 21 heavy (non-hydrogen) atoms. The minimum Gasteiger partial charge on any atom is -0.346 e. The number of aromatic nitrogens is 1. The number of hydrogen-bond acceptors (Lipinski definition) is 3. The summed E-state index contributed by atoms with van der Waals surface area (Å²) in [6.45, 7) is 9.45. The van der Waals surface area contributed by atoms with Crippen molar-refractivity contribution in [1.82, 2.24) is 10.3 Å². The summed E-state index contributed by atoms with van der Waals surface area (Å²) in [5.41, 5.74) is 0.548. The number of ketones is 1. The monoisotopic (exact) mass is 290 g/mol. The third-order valence-corrected chi connectivity index (χ3v) is 3.36. The molecular formula is C17H26N2O2. The number of rotatable bonds is 6. The number of carbonyl (C=O) groups is 2. The Balaban J connectivity index is 2.64. The second-order valence-electron chi connectivity index (χ2n) is 6.77. The predicted octanol–water partition coefficient (Wildman–Crippen LogP) is 2.77. The van der Waals surface area contributed by atoms with Crippen molar-refractivity contribution in [2.75, 3.05) is 0 Å². The van der Waals surface area contributed by atoms with Gasteiger partial charge in [-0.3, -0.25) is 14.6 Å². The average Bonchev–Trinajstić information content (AvgIpc) is 2.41. The van der Waals surface area contributed by atoms with Gasteiger partial charge in [0.1, 0.15) is 0 Å². The van der Waals surface area contributed by atoms with Gasteiger partial charge in [-0.25, -0.2) is 0 Å². The smallest absolute Gasteiger partial charge is 0.225 e. The van der Waals surface area contributed by atoms with E-state index in [-0.39, 0.29) is 17.6 Å². The highest BCUT2D eigenvalue weighted by atomic mass is 16.2. The molecule has 1 aromatic rings. The number of nitrogens with one attached hydrogen (secondary N) is 1. The van der Waals surface area contributed by atoms with Crippen LogP contribution in [-0.2, 0) is 16.0 Å². The van der Waals surface area contributed by atoms with Gasteiger partial charge in [-0.1, -0.05) is 40.7 Å². The zero-order valence-corrected chi connectivity index (χ0v) is 13.6. The van der Waals surface area contributed by atoms with Crippen molar-refractivity contribution >= 4 is 11.7 Å². The van der Waals surface area contributed by atoms with Gasteiger partial charge >= 0.3 is 0 Å². The Morgan fingerprint density at radius 1 is 1.29 bits per heavy atom. The minimum absolute atomic E-state index is 0.0754. The van der Waals surface area contributed by atoms with E-state index in [9.17, 15) is 9.59 Å². The van der Waals surface area contributed by atoms with E-state index in [1.807, 2.05) is 46.8 Å². The summed E-state index contributed by atoms with van der Waals surface area (Å²) in [5, 5.41) is 2.89. The molecule has 0 aliphatic carbocycles. The average molecular weight is 290 g/mol. The van der Waals surface area contributed by atoms with Crippen LogP contribution in [0.4, 0.5) is 0 Å². The van der Waals surface area contributed by atoms with E-state index in [4.69, 9.17) is 0 Å². The van der Waals surface area contributed by atoms with Gasteiger partial charge in [0, 0.05) is 24.2 Å². The van der Waals surface area contributed by atoms with Crippen LogP contribution >= 0.6 is 0 Å². The fraction of sp³-hybridized carbons (Fsp3) is 0.588. The summed E-state index contributed by atoms with van der Waals surface area (Å²) in [4.78, 5) is 28.5. The van der Waals surface area contributed by atoms with Crippen molar-refractivity contribution in [3.63, 3.8) is 0 Å². The topological polar surface area (TPSA) is 59.1 Å². The molecule has 0 aliphatic rings. The molecular weight excluding hydrogens is 264 g/mol. The first-order valence-corrected chi connectivity index (χ1v) is 7.44. The summed E-state index contributed by atoms with van der Waals surface area (Å²) in [5.74, 6) is 0.0695. The lowest BCUT2D eigenvalue weighted by Crippen LogP contribution is -2.48. The third-order valence-electron chi connectivity index (χ3n) is 3.36. The second kappa shape index (κ2) is 7.34. The molecule has 0 saturated heterocycles. The van der Waals surface area contributed by atoms with Crippen molar-refractivity contribution in [3.8, 4) is 0 Å². The Morgan fingerprint density at radius 3 is 2.43 bits per heavy atom. The zero-order valence-electron chi connectivity index (χ0n) is 13.6. The number of hydrogen-bond donors (Lipinski definition) is 1. The van der Waals surface area contributed by atoms with E-state index in [1.54, 1.807) is 12.4 Å². The lowest BCUT2D eigenvalue weighted by Gasteiger charge is -2.26. The van der Waals surface area contributed by atoms with Crippen LogP contribution in [0.2, 0.25) is 0 Å². The molecule has 0 saturated carbocycles. The number of amides is 1. The molecule has 4 nitrogen and oxygen atoms in total. The molecule has 1 amide bonds. The van der Waals surface area contributed by atoms with Gasteiger partial charge in [0.25, 0.3) is 0 Å². The molecule has 0 fully saturated rings. The minimum atomic E-state index is -0.489. The first-order valence-electron chi connectivity index (χ1n) is 7.44. The summed E-state index contributed by atoms with van der Waals surface area (Å²) in [6.07, 6.45) is 4.55. The fourth-order valence-electron chi connectivity index (χ4n) is 1.95. The summed E-state index contributed by atoms with van der Waals surface area (Å²) in [7, 11) is 0. The number of nitrogens with zero attached hydrogens (tertiary/aromatic N) is 1. The normalized spacial score (nSPS) is 13.0. The maximum atomic E-state index is 12.4. The maximum Gasteiger partial charge on any atom is 0.225 e. The molecule has 0 radical (unpaired) electrons. The first-order chi connectivity index (χ1) is 9.71. The number of pyridine rings is 1. The first kappa shape index (κ1) is 17.3. The highest BCUT2D eigenvalue weighted by Crippen LogP contribution is 2.15. The Bertz CT molecular complexity index is 475. The van der Waals surface area contributed by atoms with E-state index < -0.39 is 11.5 Å². The highest BCUT2D eigenvalue weighted by molar-refractivity contribution is 5.91.